The SMILES string of the molecule is CCOCCCN(C)C1CCN(c2ncc(NC(=O)c3ccc(Cl)cc3)cc2C(=O)O)CC1. The smallest absolute Gasteiger partial charge is 0.339 e. The van der Waals surface area contributed by atoms with E-state index in [1.165, 1.54) is 12.3 Å². The molecule has 1 aromatic heterocycles. The van der Waals surface area contributed by atoms with Gasteiger partial charge in [0.25, 0.3) is 5.91 Å². The number of nitrogens with one attached hydrogen (secondary N) is 1. The Balaban J connectivity index is 1.62. The highest BCUT2D eigenvalue weighted by atomic mass is 35.5. The first-order valence-electron chi connectivity index (χ1n) is 11.2. The lowest BCUT2D eigenvalue weighted by atomic mass is 10.0. The predicted molar refractivity (Wildman–Crippen MR) is 130 cm³/mol. The number of aromatic carboxylic acids is 1. The molecule has 0 bridgehead atoms. The van der Waals surface area contributed by atoms with Gasteiger partial charge in [-0.15, -0.1) is 0 Å². The molecule has 0 radical (unpaired) electrons. The summed E-state index contributed by atoms with van der Waals surface area (Å²) < 4.78 is 5.41. The molecule has 0 aliphatic carbocycles. The maximum atomic E-state index is 12.5. The van der Waals surface area contributed by atoms with Crippen LogP contribution in [0.5, 0.6) is 0 Å². The van der Waals surface area contributed by atoms with Crippen LogP contribution in [0, 0.1) is 0 Å². The Morgan fingerprint density at radius 2 is 1.97 bits per heavy atom. The first kappa shape index (κ1) is 25.0. The second-order valence-corrected chi connectivity index (χ2v) is 8.55. The van der Waals surface area contributed by atoms with Crippen LogP contribution in [0.1, 0.15) is 46.9 Å². The summed E-state index contributed by atoms with van der Waals surface area (Å²) >= 11 is 5.86. The van der Waals surface area contributed by atoms with Crippen LogP contribution < -0.4 is 10.2 Å². The molecule has 2 aromatic rings. The number of carboxylic acid groups (broad SMARTS) is 1. The second kappa shape index (κ2) is 12.0. The van der Waals surface area contributed by atoms with Crippen molar-refractivity contribution in [1.29, 1.82) is 0 Å². The summed E-state index contributed by atoms with van der Waals surface area (Å²) in [5.74, 6) is -0.995. The molecule has 8 nitrogen and oxygen atoms in total. The normalized spacial score (nSPS) is 14.5. The molecule has 2 N–H and O–H groups in total. The number of piperidine rings is 1. The number of halogens is 1. The monoisotopic (exact) mass is 474 g/mol. The van der Waals surface area contributed by atoms with Gasteiger partial charge in [-0.25, -0.2) is 9.78 Å². The Bertz CT molecular complexity index is 946. The number of amides is 1. The fourth-order valence-electron chi connectivity index (χ4n) is 4.00. The van der Waals surface area contributed by atoms with Gasteiger partial charge in [-0.3, -0.25) is 4.79 Å². The third kappa shape index (κ3) is 6.90. The average molecular weight is 475 g/mol. The van der Waals surface area contributed by atoms with Gasteiger partial charge in [-0.2, -0.15) is 0 Å². The number of benzene rings is 1. The molecule has 1 amide bonds. The zero-order valence-electron chi connectivity index (χ0n) is 19.1. The molecule has 2 heterocycles. The van der Waals surface area contributed by atoms with E-state index in [9.17, 15) is 14.7 Å². The van der Waals surface area contributed by atoms with Crippen LogP contribution in [0.4, 0.5) is 11.5 Å². The Morgan fingerprint density at radius 1 is 1.27 bits per heavy atom. The van der Waals surface area contributed by atoms with E-state index < -0.39 is 5.97 Å². The minimum absolute atomic E-state index is 0.0763. The van der Waals surface area contributed by atoms with E-state index in [0.29, 0.717) is 28.1 Å². The van der Waals surface area contributed by atoms with Crippen molar-refractivity contribution in [3.63, 3.8) is 0 Å². The van der Waals surface area contributed by atoms with Crippen molar-refractivity contribution in [3.05, 3.63) is 52.7 Å². The number of carbonyl (C=O) groups is 2. The van der Waals surface area contributed by atoms with Crippen molar-refractivity contribution < 1.29 is 19.4 Å². The first-order valence-corrected chi connectivity index (χ1v) is 11.6. The Kier molecular flexibility index (Phi) is 9.05. The number of nitrogens with zero attached hydrogens (tertiary/aromatic N) is 3. The molecule has 1 aliphatic heterocycles. The fourth-order valence-corrected chi connectivity index (χ4v) is 4.13. The summed E-state index contributed by atoms with van der Waals surface area (Å²) in [5, 5.41) is 13.0. The minimum Gasteiger partial charge on any atom is -0.478 e. The molecule has 9 heteroatoms. The molecule has 0 saturated carbocycles. The summed E-state index contributed by atoms with van der Waals surface area (Å²) in [6.45, 7) is 5.94. The van der Waals surface area contributed by atoms with Crippen LogP contribution in [-0.4, -0.2) is 72.8 Å². The number of hydrogen-bond acceptors (Lipinski definition) is 6. The summed E-state index contributed by atoms with van der Waals surface area (Å²) in [4.78, 5) is 33.2. The first-order chi connectivity index (χ1) is 15.9. The fraction of sp³-hybridized carbons (Fsp3) is 0.458. The van der Waals surface area contributed by atoms with E-state index in [4.69, 9.17) is 16.3 Å². The van der Waals surface area contributed by atoms with Crippen LogP contribution in [0.25, 0.3) is 0 Å². The van der Waals surface area contributed by atoms with Gasteiger partial charge in [0.1, 0.15) is 11.4 Å². The summed E-state index contributed by atoms with van der Waals surface area (Å²) in [7, 11) is 2.13. The Hall–Kier alpha value is -2.68. The second-order valence-electron chi connectivity index (χ2n) is 8.11. The lowest BCUT2D eigenvalue weighted by molar-refractivity contribution is 0.0696. The molecule has 1 fully saturated rings. The van der Waals surface area contributed by atoms with Gasteiger partial charge >= 0.3 is 5.97 Å². The third-order valence-corrected chi connectivity index (χ3v) is 6.10. The van der Waals surface area contributed by atoms with Crippen molar-refractivity contribution in [1.82, 2.24) is 9.88 Å². The van der Waals surface area contributed by atoms with Crippen LogP contribution in [0.2, 0.25) is 5.02 Å². The number of carboxylic acids is 1. The zero-order chi connectivity index (χ0) is 23.8. The van der Waals surface area contributed by atoms with Gasteiger partial charge in [0.15, 0.2) is 0 Å². The van der Waals surface area contributed by atoms with Crippen molar-refractivity contribution in [3.8, 4) is 0 Å². The molecule has 1 saturated heterocycles. The van der Waals surface area contributed by atoms with E-state index in [1.807, 2.05) is 11.8 Å². The molecule has 33 heavy (non-hydrogen) atoms. The van der Waals surface area contributed by atoms with Crippen LogP contribution in [0.15, 0.2) is 36.5 Å². The van der Waals surface area contributed by atoms with E-state index in [1.54, 1.807) is 24.3 Å². The summed E-state index contributed by atoms with van der Waals surface area (Å²) in [6, 6.07) is 8.38. The van der Waals surface area contributed by atoms with Crippen molar-refractivity contribution in [2.24, 2.45) is 0 Å². The van der Waals surface area contributed by atoms with E-state index in [0.717, 1.165) is 52.1 Å². The van der Waals surface area contributed by atoms with Crippen LogP contribution in [-0.2, 0) is 4.74 Å². The van der Waals surface area contributed by atoms with E-state index >= 15 is 0 Å². The van der Waals surface area contributed by atoms with Crippen LogP contribution >= 0.6 is 11.6 Å². The topological polar surface area (TPSA) is 95.0 Å². The zero-order valence-corrected chi connectivity index (χ0v) is 19.8. The number of rotatable bonds is 10. The lowest BCUT2D eigenvalue weighted by Gasteiger charge is -2.37. The van der Waals surface area contributed by atoms with Gasteiger partial charge in [0.2, 0.25) is 0 Å². The van der Waals surface area contributed by atoms with Gasteiger partial charge < -0.3 is 25.0 Å². The number of ether oxygens (including phenoxy) is 1. The molecule has 1 aromatic carbocycles. The van der Waals surface area contributed by atoms with Gasteiger partial charge in [-0.05, 0) is 63.6 Å². The van der Waals surface area contributed by atoms with Crippen molar-refractivity contribution in [2.45, 2.75) is 32.2 Å². The standard InChI is InChI=1S/C24H31ClN4O4/c1-3-33-14-4-11-28(2)20-9-12-29(13-10-20)22-21(24(31)32)15-19(16-26-22)27-23(30)17-5-7-18(25)8-6-17/h5-8,15-16,20H,3-4,9-14H2,1-2H3,(H,27,30)(H,31,32). The van der Waals surface area contributed by atoms with Crippen molar-refractivity contribution >= 4 is 35.0 Å². The van der Waals surface area contributed by atoms with E-state index in [2.05, 4.69) is 22.2 Å². The highest BCUT2D eigenvalue weighted by Crippen LogP contribution is 2.26. The molecule has 0 spiro atoms. The maximum absolute atomic E-state index is 12.5. The largest absolute Gasteiger partial charge is 0.478 e. The minimum atomic E-state index is -1.07. The molecule has 0 unspecified atom stereocenters. The molecule has 0 atom stereocenters. The highest BCUT2D eigenvalue weighted by Gasteiger charge is 2.26. The van der Waals surface area contributed by atoms with Gasteiger partial charge in [0, 0.05) is 49.5 Å². The number of carbonyl (C=O) groups excluding carboxylic acids is 1. The average Bonchev–Trinajstić information content (AvgIpc) is 2.82. The maximum Gasteiger partial charge on any atom is 0.339 e. The highest BCUT2D eigenvalue weighted by molar-refractivity contribution is 6.30. The Labute approximate surface area is 199 Å². The number of hydrogen-bond donors (Lipinski definition) is 2. The van der Waals surface area contributed by atoms with Gasteiger partial charge in [0.05, 0.1) is 11.9 Å². The molecular weight excluding hydrogens is 444 g/mol. The Morgan fingerprint density at radius 3 is 2.61 bits per heavy atom. The number of aromatic nitrogens is 1. The number of anilines is 2. The van der Waals surface area contributed by atoms with Crippen LogP contribution in [0.3, 0.4) is 0 Å². The van der Waals surface area contributed by atoms with Gasteiger partial charge in [-0.1, -0.05) is 11.6 Å². The van der Waals surface area contributed by atoms with E-state index in [-0.39, 0.29) is 11.5 Å². The molecule has 1 aliphatic rings. The van der Waals surface area contributed by atoms with Crippen molar-refractivity contribution in [2.75, 3.05) is 50.1 Å². The molecule has 178 valence electrons. The quantitative estimate of drug-likeness (QED) is 0.502. The lowest BCUT2D eigenvalue weighted by Crippen LogP contribution is -2.44. The molecule has 3 rings (SSSR count). The summed E-state index contributed by atoms with van der Waals surface area (Å²) in [6.07, 6.45) is 4.36. The summed E-state index contributed by atoms with van der Waals surface area (Å²) in [5.41, 5.74) is 0.834. The number of pyridine rings is 1. The predicted octanol–water partition coefficient (Wildman–Crippen LogP) is 4.01. The third-order valence-electron chi connectivity index (χ3n) is 5.85. The molecular formula is C24H31ClN4O4.